The summed E-state index contributed by atoms with van der Waals surface area (Å²) in [5.74, 6) is -0.528. The minimum absolute atomic E-state index is 0.0589. The molecule has 0 aliphatic carbocycles. The molecule has 0 spiro atoms. The number of carbonyl (C=O) groups excluding carboxylic acids is 1. The third-order valence-electron chi connectivity index (χ3n) is 4.32. The summed E-state index contributed by atoms with van der Waals surface area (Å²) in [6.07, 6.45) is 0. The van der Waals surface area contributed by atoms with E-state index in [1.54, 1.807) is 30.3 Å². The first-order valence-electron chi connectivity index (χ1n) is 9.11. The highest BCUT2D eigenvalue weighted by molar-refractivity contribution is 7.92. The number of anilines is 2. The van der Waals surface area contributed by atoms with E-state index in [9.17, 15) is 21.6 Å². The van der Waals surface area contributed by atoms with Gasteiger partial charge in [-0.1, -0.05) is 24.3 Å². The molecule has 0 aromatic heterocycles. The molecule has 10 heteroatoms. The van der Waals surface area contributed by atoms with E-state index in [4.69, 9.17) is 0 Å². The summed E-state index contributed by atoms with van der Waals surface area (Å²) in [7, 11) is -4.59. The topological polar surface area (TPSA) is 113 Å². The molecule has 0 aliphatic heterocycles. The maximum Gasteiger partial charge on any atom is 0.261 e. The fraction of sp³-hybridized carbons (Fsp3) is 0.0952. The Kier molecular flexibility index (Phi) is 6.44. The summed E-state index contributed by atoms with van der Waals surface area (Å²) in [4.78, 5) is 12.6. The van der Waals surface area contributed by atoms with Crippen LogP contribution < -0.4 is 10.0 Å². The van der Waals surface area contributed by atoms with Gasteiger partial charge in [0.25, 0.3) is 15.9 Å². The molecule has 2 N–H and O–H groups in total. The molecule has 0 unspecified atom stereocenters. The van der Waals surface area contributed by atoms with Gasteiger partial charge in [0, 0.05) is 31.0 Å². The Morgan fingerprint density at radius 1 is 0.742 bits per heavy atom. The fourth-order valence-corrected chi connectivity index (χ4v) is 4.65. The summed E-state index contributed by atoms with van der Waals surface area (Å²) in [6, 6.07) is 19.7. The minimum Gasteiger partial charge on any atom is -0.322 e. The molecule has 0 atom stereocenters. The second kappa shape index (κ2) is 8.88. The van der Waals surface area contributed by atoms with Crippen LogP contribution in [0.2, 0.25) is 0 Å². The molecule has 3 rings (SSSR count). The lowest BCUT2D eigenvalue weighted by atomic mass is 10.2. The molecule has 3 aromatic carbocycles. The van der Waals surface area contributed by atoms with Gasteiger partial charge in [-0.2, -0.15) is 0 Å². The predicted molar refractivity (Wildman–Crippen MR) is 119 cm³/mol. The van der Waals surface area contributed by atoms with Crippen LogP contribution in [-0.4, -0.2) is 41.1 Å². The maximum absolute atomic E-state index is 12.6. The third kappa shape index (κ3) is 5.29. The first-order chi connectivity index (χ1) is 14.6. The van der Waals surface area contributed by atoms with Crippen molar-refractivity contribution in [3.63, 3.8) is 0 Å². The lowest BCUT2D eigenvalue weighted by molar-refractivity contribution is 0.102. The molecule has 31 heavy (non-hydrogen) atoms. The second-order valence-corrected chi connectivity index (χ2v) is 10.6. The van der Waals surface area contributed by atoms with Crippen LogP contribution in [0.15, 0.2) is 88.7 Å². The van der Waals surface area contributed by atoms with E-state index in [1.165, 1.54) is 62.6 Å². The molecule has 1 amide bonds. The zero-order chi connectivity index (χ0) is 22.6. The van der Waals surface area contributed by atoms with Crippen molar-refractivity contribution in [2.45, 2.75) is 9.79 Å². The van der Waals surface area contributed by atoms with E-state index in [2.05, 4.69) is 10.0 Å². The van der Waals surface area contributed by atoms with E-state index in [1.807, 2.05) is 0 Å². The van der Waals surface area contributed by atoms with Crippen molar-refractivity contribution >= 4 is 37.3 Å². The van der Waals surface area contributed by atoms with Crippen LogP contribution >= 0.6 is 0 Å². The highest BCUT2D eigenvalue weighted by atomic mass is 32.2. The van der Waals surface area contributed by atoms with Crippen LogP contribution in [0.1, 0.15) is 10.4 Å². The van der Waals surface area contributed by atoms with Crippen molar-refractivity contribution in [1.29, 1.82) is 0 Å². The lowest BCUT2D eigenvalue weighted by Crippen LogP contribution is -2.22. The monoisotopic (exact) mass is 459 g/mol. The van der Waals surface area contributed by atoms with Crippen molar-refractivity contribution in [1.82, 2.24) is 4.31 Å². The molecule has 0 aliphatic rings. The third-order valence-corrected chi connectivity index (χ3v) is 7.53. The molecule has 162 valence electrons. The van der Waals surface area contributed by atoms with Gasteiger partial charge in [-0.15, -0.1) is 0 Å². The molecule has 0 fully saturated rings. The summed E-state index contributed by atoms with van der Waals surface area (Å²) in [5, 5.41) is 2.63. The Bertz CT molecular complexity index is 1290. The fourth-order valence-electron chi connectivity index (χ4n) is 2.65. The Morgan fingerprint density at radius 3 is 2.00 bits per heavy atom. The summed E-state index contributed by atoms with van der Waals surface area (Å²) in [6.45, 7) is 0. The average Bonchev–Trinajstić information content (AvgIpc) is 2.74. The van der Waals surface area contributed by atoms with Crippen molar-refractivity contribution in [3.8, 4) is 0 Å². The van der Waals surface area contributed by atoms with Crippen LogP contribution in [-0.2, 0) is 20.0 Å². The molecule has 0 heterocycles. The Balaban J connectivity index is 1.77. The molecule has 8 nitrogen and oxygen atoms in total. The zero-order valence-electron chi connectivity index (χ0n) is 16.8. The number of para-hydroxylation sites is 1. The van der Waals surface area contributed by atoms with Gasteiger partial charge in [0.1, 0.15) is 0 Å². The number of hydrogen-bond donors (Lipinski definition) is 2. The number of sulfonamides is 2. The van der Waals surface area contributed by atoms with Crippen molar-refractivity contribution < 1.29 is 21.6 Å². The Morgan fingerprint density at radius 2 is 1.39 bits per heavy atom. The van der Waals surface area contributed by atoms with Crippen molar-refractivity contribution in [2.24, 2.45) is 0 Å². The van der Waals surface area contributed by atoms with E-state index < -0.39 is 26.0 Å². The van der Waals surface area contributed by atoms with Gasteiger partial charge < -0.3 is 5.32 Å². The van der Waals surface area contributed by atoms with Gasteiger partial charge in [-0.25, -0.2) is 21.1 Å². The van der Waals surface area contributed by atoms with Crippen LogP contribution in [0.4, 0.5) is 11.4 Å². The van der Waals surface area contributed by atoms with Crippen LogP contribution in [0.3, 0.4) is 0 Å². The zero-order valence-corrected chi connectivity index (χ0v) is 18.4. The van der Waals surface area contributed by atoms with Gasteiger partial charge in [0.15, 0.2) is 0 Å². The predicted octanol–water partition coefficient (Wildman–Crippen LogP) is 2.99. The maximum atomic E-state index is 12.6. The van der Waals surface area contributed by atoms with E-state index >= 15 is 0 Å². The number of hydrogen-bond acceptors (Lipinski definition) is 5. The standard InChI is InChI=1S/C21H21N3O5S2/c1-24(2)31(28,29)19-13-11-17(12-14-19)22-21(25)16-7-6-10-20(15-16)30(26,27)23-18-8-4-3-5-9-18/h3-15,23H,1-2H3,(H,22,25). The Labute approximate surface area is 181 Å². The molecule has 0 radical (unpaired) electrons. The largest absolute Gasteiger partial charge is 0.322 e. The van der Waals surface area contributed by atoms with Crippen molar-refractivity contribution in [2.75, 3.05) is 24.1 Å². The smallest absolute Gasteiger partial charge is 0.261 e. The van der Waals surface area contributed by atoms with Gasteiger partial charge in [-0.3, -0.25) is 9.52 Å². The average molecular weight is 460 g/mol. The van der Waals surface area contributed by atoms with E-state index in [0.717, 1.165) is 4.31 Å². The van der Waals surface area contributed by atoms with Crippen LogP contribution in [0.5, 0.6) is 0 Å². The molecule has 3 aromatic rings. The van der Waals surface area contributed by atoms with Crippen LogP contribution in [0, 0.1) is 0 Å². The highest BCUT2D eigenvalue weighted by Crippen LogP contribution is 2.19. The first-order valence-corrected chi connectivity index (χ1v) is 12.0. The summed E-state index contributed by atoms with van der Waals surface area (Å²) in [5.41, 5.74) is 0.921. The number of benzene rings is 3. The van der Waals surface area contributed by atoms with Gasteiger partial charge in [0.2, 0.25) is 10.0 Å². The molecule has 0 saturated heterocycles. The summed E-state index contributed by atoms with van der Waals surface area (Å²) < 4.78 is 53.0. The SMILES string of the molecule is CN(C)S(=O)(=O)c1ccc(NC(=O)c2cccc(S(=O)(=O)Nc3ccccc3)c2)cc1. The number of rotatable bonds is 7. The molecular formula is C21H21N3O5S2. The quantitative estimate of drug-likeness (QED) is 0.564. The van der Waals surface area contributed by atoms with Gasteiger partial charge >= 0.3 is 0 Å². The summed E-state index contributed by atoms with van der Waals surface area (Å²) >= 11 is 0. The molecule has 0 bridgehead atoms. The van der Waals surface area contributed by atoms with E-state index in [0.29, 0.717) is 11.4 Å². The van der Waals surface area contributed by atoms with Gasteiger partial charge in [-0.05, 0) is 54.6 Å². The minimum atomic E-state index is -3.87. The number of nitrogens with zero attached hydrogens (tertiary/aromatic N) is 1. The van der Waals surface area contributed by atoms with E-state index in [-0.39, 0.29) is 15.4 Å². The highest BCUT2D eigenvalue weighted by Gasteiger charge is 2.18. The number of carbonyl (C=O) groups is 1. The molecule has 0 saturated carbocycles. The normalized spacial score (nSPS) is 11.8. The first kappa shape index (κ1) is 22.5. The molecular weight excluding hydrogens is 438 g/mol. The number of nitrogens with one attached hydrogen (secondary N) is 2. The van der Waals surface area contributed by atoms with Gasteiger partial charge in [0.05, 0.1) is 9.79 Å². The lowest BCUT2D eigenvalue weighted by Gasteiger charge is -2.12. The second-order valence-electron chi connectivity index (χ2n) is 6.77. The van der Waals surface area contributed by atoms with Crippen molar-refractivity contribution in [3.05, 3.63) is 84.4 Å². The van der Waals surface area contributed by atoms with Crippen LogP contribution in [0.25, 0.3) is 0 Å². The Hall–Kier alpha value is -3.21. The number of amides is 1.